The van der Waals surface area contributed by atoms with E-state index >= 15 is 0 Å². The molecule has 0 amide bonds. The Morgan fingerprint density at radius 3 is 2.86 bits per heavy atom. The maximum atomic E-state index is 13.2. The summed E-state index contributed by atoms with van der Waals surface area (Å²) in [5, 5.41) is 3.42. The molecule has 1 saturated heterocycles. The average Bonchev–Trinajstić information content (AvgIpc) is 2.85. The molecular formula is C16H26FIN4. The van der Waals surface area contributed by atoms with E-state index in [9.17, 15) is 4.39 Å². The molecule has 1 aliphatic rings. The summed E-state index contributed by atoms with van der Waals surface area (Å²) in [6, 6.07) is 6.70. The van der Waals surface area contributed by atoms with E-state index in [4.69, 9.17) is 0 Å². The highest BCUT2D eigenvalue weighted by molar-refractivity contribution is 14.0. The van der Waals surface area contributed by atoms with Gasteiger partial charge in [0.2, 0.25) is 0 Å². The number of aliphatic imine (C=N–C) groups is 1. The first kappa shape index (κ1) is 19.2. The van der Waals surface area contributed by atoms with Crippen LogP contribution in [-0.4, -0.2) is 56.5 Å². The third kappa shape index (κ3) is 5.72. The Labute approximate surface area is 149 Å². The molecule has 0 aliphatic carbocycles. The first-order valence-electron chi connectivity index (χ1n) is 7.43. The zero-order chi connectivity index (χ0) is 15.2. The zero-order valence-corrected chi connectivity index (χ0v) is 15.9. The van der Waals surface area contributed by atoms with Gasteiger partial charge in [-0.25, -0.2) is 4.39 Å². The van der Waals surface area contributed by atoms with Crippen molar-refractivity contribution in [2.24, 2.45) is 10.9 Å². The van der Waals surface area contributed by atoms with Gasteiger partial charge in [0.15, 0.2) is 5.96 Å². The van der Waals surface area contributed by atoms with Crippen LogP contribution in [-0.2, 0) is 6.54 Å². The maximum absolute atomic E-state index is 13.2. The summed E-state index contributed by atoms with van der Waals surface area (Å²) < 4.78 is 13.2. The highest BCUT2D eigenvalue weighted by atomic mass is 127. The van der Waals surface area contributed by atoms with Gasteiger partial charge in [0, 0.05) is 33.7 Å². The fraction of sp³-hybridized carbons (Fsp3) is 0.562. The molecule has 0 bridgehead atoms. The lowest BCUT2D eigenvalue weighted by atomic mass is 10.1. The number of nitrogens with one attached hydrogen (secondary N) is 1. The van der Waals surface area contributed by atoms with Crippen LogP contribution < -0.4 is 5.32 Å². The molecule has 0 aromatic heterocycles. The maximum Gasteiger partial charge on any atom is 0.193 e. The minimum atomic E-state index is -0.196. The van der Waals surface area contributed by atoms with Crippen molar-refractivity contribution in [1.29, 1.82) is 0 Å². The molecule has 22 heavy (non-hydrogen) atoms. The van der Waals surface area contributed by atoms with E-state index in [0.29, 0.717) is 12.5 Å². The standard InChI is InChI=1S/C16H25FN4.HI/c1-18-16(19-10-14-7-8-20(2)11-14)21(3)12-13-5-4-6-15(17)9-13;/h4-6,9,14H,7-8,10-12H2,1-3H3,(H,18,19);1H. The van der Waals surface area contributed by atoms with E-state index in [1.165, 1.54) is 19.0 Å². The van der Waals surface area contributed by atoms with E-state index < -0.39 is 0 Å². The van der Waals surface area contributed by atoms with Gasteiger partial charge in [-0.3, -0.25) is 4.99 Å². The Hall–Kier alpha value is -0.890. The van der Waals surface area contributed by atoms with Crippen molar-refractivity contribution in [2.45, 2.75) is 13.0 Å². The molecule has 1 aromatic rings. The molecule has 1 N–H and O–H groups in total. The van der Waals surface area contributed by atoms with E-state index in [2.05, 4.69) is 22.3 Å². The Kier molecular flexibility index (Phi) is 8.09. The molecule has 0 spiro atoms. The fourth-order valence-corrected chi connectivity index (χ4v) is 2.80. The molecule has 1 aromatic carbocycles. The highest BCUT2D eigenvalue weighted by Crippen LogP contribution is 2.13. The molecule has 124 valence electrons. The molecule has 1 unspecified atom stereocenters. The molecule has 4 nitrogen and oxygen atoms in total. The summed E-state index contributed by atoms with van der Waals surface area (Å²) >= 11 is 0. The number of likely N-dealkylation sites (tertiary alicyclic amines) is 1. The summed E-state index contributed by atoms with van der Waals surface area (Å²) in [5.74, 6) is 1.33. The number of hydrogen-bond acceptors (Lipinski definition) is 2. The van der Waals surface area contributed by atoms with Crippen LogP contribution in [0.15, 0.2) is 29.3 Å². The molecule has 2 rings (SSSR count). The third-order valence-electron chi connectivity index (χ3n) is 3.92. The lowest BCUT2D eigenvalue weighted by Crippen LogP contribution is -2.41. The Morgan fingerprint density at radius 1 is 1.50 bits per heavy atom. The van der Waals surface area contributed by atoms with Gasteiger partial charge >= 0.3 is 0 Å². The Balaban J connectivity index is 0.00000242. The van der Waals surface area contributed by atoms with Gasteiger partial charge in [-0.2, -0.15) is 0 Å². The van der Waals surface area contributed by atoms with E-state index in [1.54, 1.807) is 19.2 Å². The van der Waals surface area contributed by atoms with Crippen LogP contribution in [0.4, 0.5) is 4.39 Å². The number of rotatable bonds is 4. The van der Waals surface area contributed by atoms with Crippen LogP contribution in [0, 0.1) is 11.7 Å². The summed E-state index contributed by atoms with van der Waals surface area (Å²) in [7, 11) is 5.91. The van der Waals surface area contributed by atoms with Crippen LogP contribution in [0.1, 0.15) is 12.0 Å². The van der Waals surface area contributed by atoms with Crippen molar-refractivity contribution >= 4 is 29.9 Å². The fourth-order valence-electron chi connectivity index (χ4n) is 2.80. The highest BCUT2D eigenvalue weighted by Gasteiger charge is 2.19. The summed E-state index contributed by atoms with van der Waals surface area (Å²) in [5.41, 5.74) is 0.945. The number of benzene rings is 1. The minimum Gasteiger partial charge on any atom is -0.356 e. The first-order valence-corrected chi connectivity index (χ1v) is 7.43. The Morgan fingerprint density at radius 2 is 2.27 bits per heavy atom. The van der Waals surface area contributed by atoms with Crippen molar-refractivity contribution in [3.63, 3.8) is 0 Å². The smallest absolute Gasteiger partial charge is 0.193 e. The normalized spacial score (nSPS) is 18.9. The lowest BCUT2D eigenvalue weighted by molar-refractivity contribution is 0.390. The van der Waals surface area contributed by atoms with Crippen LogP contribution in [0.3, 0.4) is 0 Å². The topological polar surface area (TPSA) is 30.9 Å². The quantitative estimate of drug-likeness (QED) is 0.461. The third-order valence-corrected chi connectivity index (χ3v) is 3.92. The molecule has 1 fully saturated rings. The average molecular weight is 420 g/mol. The molecule has 0 radical (unpaired) electrons. The number of nitrogens with zero attached hydrogens (tertiary/aromatic N) is 3. The van der Waals surface area contributed by atoms with Gasteiger partial charge < -0.3 is 15.1 Å². The van der Waals surface area contributed by atoms with Crippen LogP contribution >= 0.6 is 24.0 Å². The molecule has 1 heterocycles. The number of halogens is 2. The van der Waals surface area contributed by atoms with Crippen LogP contribution in [0.2, 0.25) is 0 Å². The summed E-state index contributed by atoms with van der Waals surface area (Å²) in [6.07, 6.45) is 1.23. The SMILES string of the molecule is CN=C(NCC1CCN(C)C1)N(C)Cc1cccc(F)c1.I. The van der Waals surface area contributed by atoms with Crippen LogP contribution in [0.5, 0.6) is 0 Å². The van der Waals surface area contributed by atoms with Crippen molar-refractivity contribution < 1.29 is 4.39 Å². The summed E-state index contributed by atoms with van der Waals surface area (Å²) in [6.45, 7) is 3.88. The summed E-state index contributed by atoms with van der Waals surface area (Å²) in [4.78, 5) is 8.68. The monoisotopic (exact) mass is 420 g/mol. The van der Waals surface area contributed by atoms with E-state index in [0.717, 1.165) is 24.6 Å². The van der Waals surface area contributed by atoms with E-state index in [-0.39, 0.29) is 29.8 Å². The van der Waals surface area contributed by atoms with Gasteiger partial charge in [-0.1, -0.05) is 12.1 Å². The molecule has 1 atom stereocenters. The second-order valence-electron chi connectivity index (χ2n) is 5.83. The van der Waals surface area contributed by atoms with Gasteiger partial charge in [-0.05, 0) is 43.6 Å². The predicted molar refractivity (Wildman–Crippen MR) is 100 cm³/mol. The molecular weight excluding hydrogens is 394 g/mol. The number of hydrogen-bond donors (Lipinski definition) is 1. The van der Waals surface area contributed by atoms with Crippen molar-refractivity contribution in [2.75, 3.05) is 40.8 Å². The molecule has 1 aliphatic heterocycles. The number of guanidine groups is 1. The van der Waals surface area contributed by atoms with Crippen molar-refractivity contribution in [3.05, 3.63) is 35.6 Å². The second kappa shape index (κ2) is 9.29. The molecule has 6 heteroatoms. The zero-order valence-electron chi connectivity index (χ0n) is 13.6. The largest absolute Gasteiger partial charge is 0.356 e. The van der Waals surface area contributed by atoms with Gasteiger partial charge in [0.05, 0.1) is 0 Å². The van der Waals surface area contributed by atoms with Crippen molar-refractivity contribution in [3.8, 4) is 0 Å². The first-order chi connectivity index (χ1) is 10.1. The van der Waals surface area contributed by atoms with Gasteiger partial charge in [0.25, 0.3) is 0 Å². The van der Waals surface area contributed by atoms with Gasteiger partial charge in [-0.15, -0.1) is 24.0 Å². The van der Waals surface area contributed by atoms with Crippen molar-refractivity contribution in [1.82, 2.24) is 15.1 Å². The van der Waals surface area contributed by atoms with Crippen LogP contribution in [0.25, 0.3) is 0 Å². The molecule has 0 saturated carbocycles. The van der Waals surface area contributed by atoms with Gasteiger partial charge in [0.1, 0.15) is 5.82 Å². The minimum absolute atomic E-state index is 0. The Bertz CT molecular complexity index is 495. The van der Waals surface area contributed by atoms with E-state index in [1.807, 2.05) is 18.0 Å². The predicted octanol–water partition coefficient (Wildman–Crippen LogP) is 2.40. The lowest BCUT2D eigenvalue weighted by Gasteiger charge is -2.23. The second-order valence-corrected chi connectivity index (χ2v) is 5.83.